The van der Waals surface area contributed by atoms with Gasteiger partial charge in [0.1, 0.15) is 18.3 Å². The first kappa shape index (κ1) is 21.6. The number of hydrogen-bond acceptors (Lipinski definition) is 6. The summed E-state index contributed by atoms with van der Waals surface area (Å²) < 4.78 is 17.8. The first-order valence-corrected chi connectivity index (χ1v) is 10.6. The van der Waals surface area contributed by atoms with Gasteiger partial charge in [-0.15, -0.1) is 0 Å². The van der Waals surface area contributed by atoms with E-state index >= 15 is 0 Å². The summed E-state index contributed by atoms with van der Waals surface area (Å²) in [6, 6.07) is 0. The molecule has 1 N–H and O–H groups in total. The lowest BCUT2D eigenvalue weighted by atomic mass is 9.66. The summed E-state index contributed by atoms with van der Waals surface area (Å²) in [6.07, 6.45) is 0.975. The van der Waals surface area contributed by atoms with Crippen LogP contribution < -0.4 is 0 Å². The Balaban J connectivity index is 2.02. The molecule has 3 fully saturated rings. The number of epoxide rings is 1. The van der Waals surface area contributed by atoms with Crippen molar-refractivity contribution in [1.29, 1.82) is 0 Å². The highest BCUT2D eigenvalue weighted by Gasteiger charge is 2.73. The van der Waals surface area contributed by atoms with Crippen LogP contribution in [0.4, 0.5) is 0 Å². The van der Waals surface area contributed by atoms with Crippen molar-refractivity contribution in [3.8, 4) is 0 Å². The van der Waals surface area contributed by atoms with Gasteiger partial charge in [-0.2, -0.15) is 0 Å². The molecule has 0 aromatic carbocycles. The Morgan fingerprint density at radius 2 is 1.79 bits per heavy atom. The number of hydrogen-bond donors (Lipinski definition) is 1. The molecule has 1 saturated heterocycles. The van der Waals surface area contributed by atoms with E-state index in [2.05, 4.69) is 6.92 Å². The molecule has 2 aliphatic carbocycles. The van der Waals surface area contributed by atoms with Crippen molar-refractivity contribution < 1.29 is 28.9 Å². The standard InChI is InChI=1S/C22H36O6/c1-12(2)10-16(24)27-15-11-21(7)19(28-21)18(26-14(5)23)20(6)8-9-22(25,13(3)4)17(15)20/h12-13,15,17-19,25H,8-11H2,1-7H3. The predicted molar refractivity (Wildman–Crippen MR) is 103 cm³/mol. The molecule has 3 rings (SSSR count). The third-order valence-corrected chi connectivity index (χ3v) is 7.31. The van der Waals surface area contributed by atoms with E-state index in [0.717, 1.165) is 0 Å². The van der Waals surface area contributed by atoms with Crippen LogP contribution >= 0.6 is 0 Å². The van der Waals surface area contributed by atoms with E-state index < -0.39 is 28.8 Å². The normalized spacial score (nSPS) is 44.6. The molecule has 160 valence electrons. The van der Waals surface area contributed by atoms with Gasteiger partial charge in [0.05, 0.1) is 11.2 Å². The van der Waals surface area contributed by atoms with Gasteiger partial charge in [-0.1, -0.05) is 34.6 Å². The molecule has 1 aliphatic heterocycles. The van der Waals surface area contributed by atoms with Crippen LogP contribution in [0.1, 0.15) is 74.1 Å². The monoisotopic (exact) mass is 396 g/mol. The number of rotatable bonds is 5. The quantitative estimate of drug-likeness (QED) is 0.567. The summed E-state index contributed by atoms with van der Waals surface area (Å²) in [5.74, 6) is -0.711. The number of carbonyl (C=O) groups is 2. The van der Waals surface area contributed by atoms with E-state index in [4.69, 9.17) is 14.2 Å². The van der Waals surface area contributed by atoms with Crippen molar-refractivity contribution >= 4 is 11.9 Å². The van der Waals surface area contributed by atoms with Crippen molar-refractivity contribution in [3.63, 3.8) is 0 Å². The maximum atomic E-state index is 12.6. The number of fused-ring (bicyclic) bond motifs is 2. The van der Waals surface area contributed by atoms with E-state index in [-0.39, 0.29) is 35.8 Å². The number of carbonyl (C=O) groups excluding carboxylic acids is 2. The van der Waals surface area contributed by atoms with Crippen LogP contribution in [0.15, 0.2) is 0 Å². The molecule has 0 radical (unpaired) electrons. The average molecular weight is 397 g/mol. The number of esters is 2. The fourth-order valence-corrected chi connectivity index (χ4v) is 5.77. The van der Waals surface area contributed by atoms with Gasteiger partial charge in [-0.3, -0.25) is 9.59 Å². The number of ether oxygens (including phenoxy) is 3. The minimum atomic E-state index is -0.983. The van der Waals surface area contributed by atoms with Crippen LogP contribution in [0.2, 0.25) is 0 Å². The van der Waals surface area contributed by atoms with Gasteiger partial charge in [0, 0.05) is 31.1 Å². The summed E-state index contributed by atoms with van der Waals surface area (Å²) in [7, 11) is 0. The van der Waals surface area contributed by atoms with Crippen molar-refractivity contribution in [3.05, 3.63) is 0 Å². The smallest absolute Gasteiger partial charge is 0.306 e. The van der Waals surface area contributed by atoms with Gasteiger partial charge >= 0.3 is 11.9 Å². The lowest BCUT2D eigenvalue weighted by Gasteiger charge is -2.46. The molecule has 0 bridgehead atoms. The van der Waals surface area contributed by atoms with Gasteiger partial charge in [0.2, 0.25) is 0 Å². The maximum absolute atomic E-state index is 12.6. The summed E-state index contributed by atoms with van der Waals surface area (Å²) in [6.45, 7) is 13.4. The maximum Gasteiger partial charge on any atom is 0.306 e. The van der Waals surface area contributed by atoms with Crippen molar-refractivity contribution in [2.75, 3.05) is 0 Å². The molecule has 2 saturated carbocycles. The summed E-state index contributed by atoms with van der Waals surface area (Å²) in [5, 5.41) is 11.7. The zero-order valence-corrected chi connectivity index (χ0v) is 18.3. The van der Waals surface area contributed by atoms with E-state index in [9.17, 15) is 14.7 Å². The van der Waals surface area contributed by atoms with Gasteiger partial charge in [0.15, 0.2) is 0 Å². The zero-order chi connectivity index (χ0) is 21.1. The topological polar surface area (TPSA) is 85.4 Å². The molecule has 6 heteroatoms. The van der Waals surface area contributed by atoms with Crippen molar-refractivity contribution in [2.24, 2.45) is 23.2 Å². The second-order valence-corrected chi connectivity index (χ2v) is 10.3. The molecule has 7 atom stereocenters. The average Bonchev–Trinajstić information content (AvgIpc) is 3.10. The summed E-state index contributed by atoms with van der Waals surface area (Å²) in [4.78, 5) is 24.4. The molecule has 7 unspecified atom stereocenters. The van der Waals surface area contributed by atoms with E-state index in [1.807, 2.05) is 34.6 Å². The Morgan fingerprint density at radius 3 is 2.32 bits per heavy atom. The molecule has 0 aromatic rings. The molecule has 1 heterocycles. The lowest BCUT2D eigenvalue weighted by Crippen LogP contribution is -2.54. The lowest BCUT2D eigenvalue weighted by molar-refractivity contribution is -0.184. The third kappa shape index (κ3) is 3.47. The minimum absolute atomic E-state index is 0.00763. The highest BCUT2D eigenvalue weighted by molar-refractivity contribution is 5.70. The van der Waals surface area contributed by atoms with Crippen LogP contribution in [0.3, 0.4) is 0 Å². The minimum Gasteiger partial charge on any atom is -0.462 e. The van der Waals surface area contributed by atoms with Crippen LogP contribution in [-0.4, -0.2) is 46.6 Å². The van der Waals surface area contributed by atoms with E-state index in [1.165, 1.54) is 6.92 Å². The van der Waals surface area contributed by atoms with Gasteiger partial charge in [-0.25, -0.2) is 0 Å². The Hall–Kier alpha value is -1.14. The Labute approximate surface area is 168 Å². The zero-order valence-electron chi connectivity index (χ0n) is 18.3. The highest BCUT2D eigenvalue weighted by Crippen LogP contribution is 2.64. The third-order valence-electron chi connectivity index (χ3n) is 7.31. The molecule has 0 amide bonds. The van der Waals surface area contributed by atoms with E-state index in [0.29, 0.717) is 25.7 Å². The van der Waals surface area contributed by atoms with Crippen LogP contribution in [-0.2, 0) is 23.8 Å². The molecule has 6 nitrogen and oxygen atoms in total. The fourth-order valence-electron chi connectivity index (χ4n) is 5.77. The van der Waals surface area contributed by atoms with Crippen LogP contribution in [0.5, 0.6) is 0 Å². The molecule has 3 aliphatic rings. The molecular formula is C22H36O6. The van der Waals surface area contributed by atoms with Gasteiger partial charge in [-0.05, 0) is 31.6 Å². The van der Waals surface area contributed by atoms with Crippen LogP contribution in [0.25, 0.3) is 0 Å². The fraction of sp³-hybridized carbons (Fsp3) is 0.909. The highest BCUT2D eigenvalue weighted by atomic mass is 16.6. The Bertz CT molecular complexity index is 645. The second kappa shape index (κ2) is 6.98. The van der Waals surface area contributed by atoms with Crippen LogP contribution in [0, 0.1) is 23.2 Å². The van der Waals surface area contributed by atoms with Gasteiger partial charge in [0.25, 0.3) is 0 Å². The summed E-state index contributed by atoms with van der Waals surface area (Å²) in [5.41, 5.74) is -2.01. The molecule has 0 aromatic heterocycles. The van der Waals surface area contributed by atoms with Gasteiger partial charge < -0.3 is 19.3 Å². The predicted octanol–water partition coefficient (Wildman–Crippen LogP) is 3.24. The first-order valence-electron chi connectivity index (χ1n) is 10.6. The SMILES string of the molecule is CC(=O)OC1C2OC2(C)CC(OC(=O)CC(C)C)C2C1(C)CCC2(O)C(C)C. The molecular weight excluding hydrogens is 360 g/mol. The second-order valence-electron chi connectivity index (χ2n) is 10.3. The molecule has 28 heavy (non-hydrogen) atoms. The van der Waals surface area contributed by atoms with Crippen molar-refractivity contribution in [1.82, 2.24) is 0 Å². The number of aliphatic hydroxyl groups is 1. The van der Waals surface area contributed by atoms with Crippen molar-refractivity contribution in [2.45, 2.75) is 104 Å². The molecule has 0 spiro atoms. The first-order chi connectivity index (χ1) is 12.8. The Kier molecular flexibility index (Phi) is 5.37. The Morgan fingerprint density at radius 1 is 1.14 bits per heavy atom. The van der Waals surface area contributed by atoms with E-state index in [1.54, 1.807) is 0 Å². The largest absolute Gasteiger partial charge is 0.462 e. The summed E-state index contributed by atoms with van der Waals surface area (Å²) >= 11 is 0.